The highest BCUT2D eigenvalue weighted by molar-refractivity contribution is 8.13. The van der Waals surface area contributed by atoms with Crippen molar-refractivity contribution in [1.82, 2.24) is 0 Å². The number of hydrogen-bond donors (Lipinski definition) is 0. The lowest BCUT2D eigenvalue weighted by molar-refractivity contribution is -0.0497. The average molecular weight is 587 g/mol. The number of allylic oxidation sites excluding steroid dienone is 2. The van der Waals surface area contributed by atoms with Gasteiger partial charge in [0.2, 0.25) is 0 Å². The van der Waals surface area contributed by atoms with Gasteiger partial charge in [0.1, 0.15) is 0 Å². The molecule has 4 rings (SSSR count). The highest BCUT2D eigenvalue weighted by Crippen LogP contribution is 2.67. The van der Waals surface area contributed by atoms with Crippen molar-refractivity contribution in [2.45, 2.75) is 169 Å². The fourth-order valence-electron chi connectivity index (χ4n) is 10.3. The van der Waals surface area contributed by atoms with Gasteiger partial charge in [-0.3, -0.25) is 0 Å². The molecule has 0 aromatic heterocycles. The lowest BCUT2D eigenvalue weighted by Crippen LogP contribution is -2.50. The van der Waals surface area contributed by atoms with E-state index >= 15 is 0 Å². The summed E-state index contributed by atoms with van der Waals surface area (Å²) < 4.78 is 5.67. The number of fused-ring (bicyclic) bond motifs is 5. The van der Waals surface area contributed by atoms with Crippen LogP contribution in [0.15, 0.2) is 11.6 Å². The Labute approximate surface area is 259 Å². The van der Waals surface area contributed by atoms with Crippen molar-refractivity contribution in [2.24, 2.45) is 46.3 Å². The highest BCUT2D eigenvalue weighted by Gasteiger charge is 2.59. The SMILES string of the molecule is CCCCCCCCCCOC(=O)S[C@H]1CC[C@@]2(C)C(=CC[C@H]3[C@H]4CC[C@H]([C@@H](C)CCCC(C)C)[C@@]4(C)CC[C@@H]32)C1. The van der Waals surface area contributed by atoms with E-state index in [1.165, 1.54) is 121 Å². The molecule has 0 bridgehead atoms. The Hall–Kier alpha value is -0.440. The molecule has 236 valence electrons. The molecule has 0 N–H and O–H groups in total. The molecule has 2 nitrogen and oxygen atoms in total. The Morgan fingerprint density at radius 3 is 2.37 bits per heavy atom. The quantitative estimate of drug-likeness (QED) is 0.108. The van der Waals surface area contributed by atoms with E-state index in [1.54, 1.807) is 5.57 Å². The Kier molecular flexibility index (Phi) is 12.7. The zero-order valence-corrected chi connectivity index (χ0v) is 28.8. The predicted molar refractivity (Wildman–Crippen MR) is 178 cm³/mol. The van der Waals surface area contributed by atoms with E-state index in [9.17, 15) is 4.79 Å². The first-order valence-electron chi connectivity index (χ1n) is 18.2. The van der Waals surface area contributed by atoms with Crippen LogP contribution in [0, 0.1) is 46.3 Å². The number of carbonyl (C=O) groups excluding carboxylic acids is 1. The Balaban J connectivity index is 1.24. The lowest BCUT2D eigenvalue weighted by Gasteiger charge is -2.58. The van der Waals surface area contributed by atoms with E-state index in [4.69, 9.17) is 4.74 Å². The first kappa shape index (κ1) is 33.5. The lowest BCUT2D eigenvalue weighted by atomic mass is 9.47. The van der Waals surface area contributed by atoms with Crippen molar-refractivity contribution in [3.63, 3.8) is 0 Å². The molecule has 0 aliphatic heterocycles. The minimum absolute atomic E-state index is 0.0243. The van der Waals surface area contributed by atoms with Gasteiger partial charge in [-0.05, 0) is 116 Å². The standard InChI is InChI=1S/C38H66O2S/c1-7-8-9-10-11-12-13-14-26-40-36(39)41-31-22-24-37(5)30(27-31)18-19-32-34-21-20-33(29(4)17-15-16-28(2)3)38(34,6)25-23-35(32)37/h18,28-29,31-35H,7-17,19-27H2,1-6H3/t29-,31-,32-,33+,34+,35-,37-,38+/m0/s1. The number of unbranched alkanes of at least 4 members (excludes halogenated alkanes) is 7. The van der Waals surface area contributed by atoms with E-state index in [1.807, 2.05) is 0 Å². The maximum atomic E-state index is 12.7. The molecular weight excluding hydrogens is 520 g/mol. The monoisotopic (exact) mass is 586 g/mol. The maximum Gasteiger partial charge on any atom is 0.367 e. The molecule has 0 radical (unpaired) electrons. The summed E-state index contributed by atoms with van der Waals surface area (Å²) in [7, 11) is 0. The van der Waals surface area contributed by atoms with Crippen LogP contribution >= 0.6 is 11.8 Å². The second kappa shape index (κ2) is 15.5. The third-order valence-corrected chi connectivity index (χ3v) is 13.8. The van der Waals surface area contributed by atoms with Crippen LogP contribution in [-0.4, -0.2) is 17.2 Å². The fourth-order valence-corrected chi connectivity index (χ4v) is 11.2. The molecule has 4 aliphatic carbocycles. The van der Waals surface area contributed by atoms with Crippen LogP contribution in [0.4, 0.5) is 4.79 Å². The van der Waals surface area contributed by atoms with Gasteiger partial charge in [-0.25, -0.2) is 4.79 Å². The molecule has 0 amide bonds. The van der Waals surface area contributed by atoms with Crippen LogP contribution in [0.25, 0.3) is 0 Å². The van der Waals surface area contributed by atoms with Gasteiger partial charge in [0.15, 0.2) is 0 Å². The summed E-state index contributed by atoms with van der Waals surface area (Å²) in [6, 6.07) is 0. The predicted octanol–water partition coefficient (Wildman–Crippen LogP) is 12.4. The molecule has 0 spiro atoms. The molecule has 41 heavy (non-hydrogen) atoms. The number of ether oxygens (including phenoxy) is 1. The Morgan fingerprint density at radius 1 is 0.902 bits per heavy atom. The summed E-state index contributed by atoms with van der Waals surface area (Å²) in [6.45, 7) is 15.5. The molecule has 0 aromatic carbocycles. The first-order valence-corrected chi connectivity index (χ1v) is 19.1. The van der Waals surface area contributed by atoms with Crippen molar-refractivity contribution in [3.05, 3.63) is 11.6 Å². The van der Waals surface area contributed by atoms with Gasteiger partial charge in [-0.15, -0.1) is 0 Å². The number of rotatable bonds is 15. The van der Waals surface area contributed by atoms with Gasteiger partial charge in [-0.1, -0.05) is 117 Å². The summed E-state index contributed by atoms with van der Waals surface area (Å²) in [5.41, 5.74) is 2.62. The molecule has 0 aromatic rings. The smallest absolute Gasteiger partial charge is 0.367 e. The summed E-state index contributed by atoms with van der Waals surface area (Å²) in [5.74, 6) is 5.32. The van der Waals surface area contributed by atoms with Gasteiger partial charge >= 0.3 is 5.30 Å². The first-order chi connectivity index (χ1) is 19.7. The minimum atomic E-state index is -0.0243. The van der Waals surface area contributed by atoms with Crippen LogP contribution in [-0.2, 0) is 4.74 Å². The summed E-state index contributed by atoms with van der Waals surface area (Å²) in [6.07, 6.45) is 27.8. The molecule has 3 saturated carbocycles. The fraction of sp³-hybridized carbons (Fsp3) is 0.921. The van der Waals surface area contributed by atoms with Crippen molar-refractivity contribution >= 4 is 17.1 Å². The van der Waals surface area contributed by atoms with Crippen molar-refractivity contribution < 1.29 is 9.53 Å². The number of carbonyl (C=O) groups is 1. The van der Waals surface area contributed by atoms with Gasteiger partial charge in [0, 0.05) is 5.25 Å². The maximum absolute atomic E-state index is 12.7. The number of thioether (sulfide) groups is 1. The second-order valence-corrected chi connectivity index (χ2v) is 17.1. The van der Waals surface area contributed by atoms with Crippen LogP contribution in [0.5, 0.6) is 0 Å². The van der Waals surface area contributed by atoms with Crippen LogP contribution in [0.1, 0.15) is 164 Å². The minimum Gasteiger partial charge on any atom is -0.458 e. The van der Waals surface area contributed by atoms with Crippen molar-refractivity contribution in [1.29, 1.82) is 0 Å². The zero-order valence-electron chi connectivity index (χ0n) is 28.0. The molecule has 4 aliphatic rings. The second-order valence-electron chi connectivity index (χ2n) is 15.8. The average Bonchev–Trinajstić information content (AvgIpc) is 3.29. The molecule has 0 saturated heterocycles. The van der Waals surface area contributed by atoms with Crippen LogP contribution < -0.4 is 0 Å². The topological polar surface area (TPSA) is 26.3 Å². The number of hydrogen-bond acceptors (Lipinski definition) is 3. The van der Waals surface area contributed by atoms with Gasteiger partial charge in [-0.2, -0.15) is 0 Å². The highest BCUT2D eigenvalue weighted by atomic mass is 32.2. The van der Waals surface area contributed by atoms with E-state index in [0.717, 1.165) is 48.3 Å². The summed E-state index contributed by atoms with van der Waals surface area (Å²) in [4.78, 5) is 12.7. The van der Waals surface area contributed by atoms with Crippen LogP contribution in [0.3, 0.4) is 0 Å². The molecular formula is C38H66O2S. The zero-order chi connectivity index (χ0) is 29.5. The van der Waals surface area contributed by atoms with Crippen molar-refractivity contribution in [2.75, 3.05) is 6.61 Å². The molecule has 0 heterocycles. The molecule has 3 heteroatoms. The van der Waals surface area contributed by atoms with E-state index in [2.05, 4.69) is 47.6 Å². The van der Waals surface area contributed by atoms with E-state index in [-0.39, 0.29) is 5.30 Å². The third-order valence-electron chi connectivity index (χ3n) is 12.7. The normalized spacial score (nSPS) is 35.4. The molecule has 0 unspecified atom stereocenters. The summed E-state index contributed by atoms with van der Waals surface area (Å²) >= 11 is 1.51. The largest absolute Gasteiger partial charge is 0.458 e. The summed E-state index contributed by atoms with van der Waals surface area (Å²) in [5, 5.41) is 0.386. The third kappa shape index (κ3) is 8.19. The van der Waals surface area contributed by atoms with Crippen molar-refractivity contribution in [3.8, 4) is 0 Å². The van der Waals surface area contributed by atoms with Crippen LogP contribution in [0.2, 0.25) is 0 Å². The molecule has 3 fully saturated rings. The van der Waals surface area contributed by atoms with Gasteiger partial charge in [0.25, 0.3) is 0 Å². The van der Waals surface area contributed by atoms with E-state index in [0.29, 0.717) is 22.7 Å². The van der Waals surface area contributed by atoms with Gasteiger partial charge in [0.05, 0.1) is 6.61 Å². The van der Waals surface area contributed by atoms with E-state index < -0.39 is 0 Å². The Bertz CT molecular complexity index is 849. The Morgan fingerprint density at radius 2 is 1.63 bits per heavy atom. The molecule has 8 atom stereocenters. The van der Waals surface area contributed by atoms with Gasteiger partial charge < -0.3 is 4.74 Å².